The van der Waals surface area contributed by atoms with Crippen LogP contribution in [0.15, 0.2) is 42.5 Å². The number of aromatic carboxylic acids is 1. The number of amides is 2. The predicted molar refractivity (Wildman–Crippen MR) is 99.9 cm³/mol. The molecule has 3 N–H and O–H groups in total. The highest BCUT2D eigenvalue weighted by molar-refractivity contribution is 6.06. The molecule has 0 heterocycles. The van der Waals surface area contributed by atoms with Crippen molar-refractivity contribution in [1.29, 1.82) is 0 Å². The largest absolute Gasteiger partial charge is 0.478 e. The maximum absolute atomic E-state index is 12.5. The van der Waals surface area contributed by atoms with Gasteiger partial charge in [0.15, 0.2) is 0 Å². The Morgan fingerprint density at radius 1 is 1.04 bits per heavy atom. The Balaban J connectivity index is 1.76. The highest BCUT2D eigenvalue weighted by Crippen LogP contribution is 2.30. The summed E-state index contributed by atoms with van der Waals surface area (Å²) in [6.45, 7) is 0.229. The van der Waals surface area contributed by atoms with Gasteiger partial charge in [-0.2, -0.15) is 0 Å². The first-order valence-electron chi connectivity index (χ1n) is 8.55. The lowest BCUT2D eigenvalue weighted by atomic mass is 10.1. The van der Waals surface area contributed by atoms with Gasteiger partial charge in [-0.15, -0.1) is 0 Å². The van der Waals surface area contributed by atoms with Crippen molar-refractivity contribution < 1.29 is 24.2 Å². The summed E-state index contributed by atoms with van der Waals surface area (Å²) < 4.78 is 5.04. The van der Waals surface area contributed by atoms with E-state index in [1.165, 1.54) is 19.2 Å². The molecule has 140 valence electrons. The lowest BCUT2D eigenvalue weighted by molar-refractivity contribution is -0.117. The molecule has 1 fully saturated rings. The number of anilines is 2. The summed E-state index contributed by atoms with van der Waals surface area (Å²) in [4.78, 5) is 35.7. The Morgan fingerprint density at radius 2 is 1.78 bits per heavy atom. The standard InChI is InChI=1S/C20H20N2O5/c1-27-11-12-7-15(20(25)26)10-17(8-12)22-19(24)14-3-2-4-16(9-14)21-18(23)13-5-6-13/h2-4,7-10,13H,5-6,11H2,1H3,(H,21,23)(H,22,24)(H,25,26). The number of carbonyl (C=O) groups is 3. The Kier molecular flexibility index (Phi) is 5.52. The maximum Gasteiger partial charge on any atom is 0.335 e. The fourth-order valence-electron chi connectivity index (χ4n) is 2.67. The number of hydrogen-bond acceptors (Lipinski definition) is 4. The maximum atomic E-state index is 12.5. The van der Waals surface area contributed by atoms with Crippen molar-refractivity contribution >= 4 is 29.2 Å². The van der Waals surface area contributed by atoms with E-state index >= 15 is 0 Å². The van der Waals surface area contributed by atoms with Gasteiger partial charge in [-0.25, -0.2) is 4.79 Å². The second-order valence-electron chi connectivity index (χ2n) is 6.46. The summed E-state index contributed by atoms with van der Waals surface area (Å²) >= 11 is 0. The van der Waals surface area contributed by atoms with E-state index < -0.39 is 11.9 Å². The monoisotopic (exact) mass is 368 g/mol. The van der Waals surface area contributed by atoms with Gasteiger partial charge < -0.3 is 20.5 Å². The summed E-state index contributed by atoms with van der Waals surface area (Å²) in [5.41, 5.74) is 1.97. The first kappa shape index (κ1) is 18.6. The van der Waals surface area contributed by atoms with Crippen LogP contribution in [0, 0.1) is 5.92 Å². The van der Waals surface area contributed by atoms with Crippen LogP contribution in [0.2, 0.25) is 0 Å². The molecule has 2 aromatic carbocycles. The first-order chi connectivity index (χ1) is 13.0. The molecule has 7 nitrogen and oxygen atoms in total. The van der Waals surface area contributed by atoms with Gasteiger partial charge in [-0.1, -0.05) is 6.07 Å². The van der Waals surface area contributed by atoms with Crippen LogP contribution in [0.4, 0.5) is 11.4 Å². The van der Waals surface area contributed by atoms with Gasteiger partial charge in [0.1, 0.15) is 0 Å². The third kappa shape index (κ3) is 4.92. The number of ether oxygens (including phenoxy) is 1. The van der Waals surface area contributed by atoms with E-state index in [-0.39, 0.29) is 24.0 Å². The van der Waals surface area contributed by atoms with Gasteiger partial charge in [-0.3, -0.25) is 9.59 Å². The van der Waals surface area contributed by atoms with Crippen LogP contribution in [0.1, 0.15) is 39.1 Å². The van der Waals surface area contributed by atoms with E-state index in [1.807, 2.05) is 0 Å². The Labute approximate surface area is 156 Å². The van der Waals surface area contributed by atoms with Gasteiger partial charge in [0.25, 0.3) is 5.91 Å². The van der Waals surface area contributed by atoms with Gasteiger partial charge in [0.05, 0.1) is 12.2 Å². The van der Waals surface area contributed by atoms with Crippen molar-refractivity contribution in [3.05, 3.63) is 59.2 Å². The smallest absolute Gasteiger partial charge is 0.335 e. The van der Waals surface area contributed by atoms with Crippen LogP contribution in [0.3, 0.4) is 0 Å². The molecule has 2 amide bonds. The number of benzene rings is 2. The quantitative estimate of drug-likeness (QED) is 0.696. The fraction of sp³-hybridized carbons (Fsp3) is 0.250. The number of methoxy groups -OCH3 is 1. The molecule has 0 saturated heterocycles. The molecule has 0 atom stereocenters. The topological polar surface area (TPSA) is 105 Å². The number of hydrogen-bond donors (Lipinski definition) is 3. The molecule has 0 radical (unpaired) electrons. The SMILES string of the molecule is COCc1cc(NC(=O)c2cccc(NC(=O)C3CC3)c2)cc(C(=O)O)c1. The third-order valence-corrected chi connectivity index (χ3v) is 4.15. The van der Waals surface area contributed by atoms with Crippen LogP contribution in [0.25, 0.3) is 0 Å². The van der Waals surface area contributed by atoms with E-state index in [1.54, 1.807) is 30.3 Å². The van der Waals surface area contributed by atoms with Crippen LogP contribution in [-0.2, 0) is 16.1 Å². The predicted octanol–water partition coefficient (Wildman–Crippen LogP) is 3.13. The van der Waals surface area contributed by atoms with Crippen molar-refractivity contribution in [2.24, 2.45) is 5.92 Å². The van der Waals surface area contributed by atoms with Crippen molar-refractivity contribution in [2.45, 2.75) is 19.4 Å². The molecule has 2 aromatic rings. The second-order valence-corrected chi connectivity index (χ2v) is 6.46. The van der Waals surface area contributed by atoms with Crippen LogP contribution < -0.4 is 10.6 Å². The summed E-state index contributed by atoms with van der Waals surface area (Å²) in [6.07, 6.45) is 1.80. The third-order valence-electron chi connectivity index (χ3n) is 4.15. The van der Waals surface area contributed by atoms with E-state index in [9.17, 15) is 19.5 Å². The molecule has 0 aromatic heterocycles. The molecular formula is C20H20N2O5. The molecule has 0 unspecified atom stereocenters. The van der Waals surface area contributed by atoms with Gasteiger partial charge in [-0.05, 0) is 54.8 Å². The van der Waals surface area contributed by atoms with E-state index in [2.05, 4.69) is 10.6 Å². The summed E-state index contributed by atoms with van der Waals surface area (Å²) in [7, 11) is 1.51. The molecule has 1 aliphatic rings. The van der Waals surface area contributed by atoms with Crippen molar-refractivity contribution in [1.82, 2.24) is 0 Å². The van der Waals surface area contributed by atoms with Crippen molar-refractivity contribution in [3.8, 4) is 0 Å². The zero-order valence-electron chi connectivity index (χ0n) is 14.8. The molecule has 1 aliphatic carbocycles. The number of nitrogens with one attached hydrogen (secondary N) is 2. The minimum Gasteiger partial charge on any atom is -0.478 e. The van der Waals surface area contributed by atoms with Gasteiger partial charge in [0.2, 0.25) is 5.91 Å². The molecule has 0 bridgehead atoms. The lowest BCUT2D eigenvalue weighted by Gasteiger charge is -2.10. The normalized spacial score (nSPS) is 13.1. The van der Waals surface area contributed by atoms with E-state index in [0.717, 1.165) is 12.8 Å². The fourth-order valence-corrected chi connectivity index (χ4v) is 2.67. The Morgan fingerprint density at radius 3 is 2.44 bits per heavy atom. The minimum atomic E-state index is -1.09. The summed E-state index contributed by atoms with van der Waals surface area (Å²) in [5, 5.41) is 14.7. The second kappa shape index (κ2) is 8.01. The van der Waals surface area contributed by atoms with E-state index in [0.29, 0.717) is 22.5 Å². The average Bonchev–Trinajstić information content (AvgIpc) is 3.47. The number of rotatable bonds is 7. The molecule has 7 heteroatoms. The summed E-state index contributed by atoms with van der Waals surface area (Å²) in [5.74, 6) is -1.46. The van der Waals surface area contributed by atoms with Gasteiger partial charge >= 0.3 is 5.97 Å². The van der Waals surface area contributed by atoms with Crippen molar-refractivity contribution in [3.63, 3.8) is 0 Å². The lowest BCUT2D eigenvalue weighted by Crippen LogP contribution is -2.16. The Hall–Kier alpha value is -3.19. The molecule has 0 aliphatic heterocycles. The Bertz CT molecular complexity index is 890. The number of carboxylic acid groups (broad SMARTS) is 1. The molecular weight excluding hydrogens is 348 g/mol. The zero-order valence-corrected chi connectivity index (χ0v) is 14.8. The number of carbonyl (C=O) groups excluding carboxylic acids is 2. The van der Waals surface area contributed by atoms with Crippen LogP contribution in [-0.4, -0.2) is 30.0 Å². The van der Waals surface area contributed by atoms with E-state index in [4.69, 9.17) is 4.74 Å². The number of carboxylic acids is 1. The minimum absolute atomic E-state index is 0.0362. The highest BCUT2D eigenvalue weighted by Gasteiger charge is 2.29. The molecule has 0 spiro atoms. The molecule has 3 rings (SSSR count). The highest BCUT2D eigenvalue weighted by atomic mass is 16.5. The van der Waals surface area contributed by atoms with Crippen LogP contribution in [0.5, 0.6) is 0 Å². The van der Waals surface area contributed by atoms with Crippen molar-refractivity contribution in [2.75, 3.05) is 17.7 Å². The first-order valence-corrected chi connectivity index (χ1v) is 8.55. The molecule has 27 heavy (non-hydrogen) atoms. The van der Waals surface area contributed by atoms with Crippen LogP contribution >= 0.6 is 0 Å². The zero-order chi connectivity index (χ0) is 19.4. The van der Waals surface area contributed by atoms with Gasteiger partial charge in [0, 0.05) is 30.0 Å². The summed E-state index contributed by atoms with van der Waals surface area (Å²) in [6, 6.07) is 11.2. The molecule has 1 saturated carbocycles. The average molecular weight is 368 g/mol.